The molecule has 0 spiro atoms. The molecule has 0 saturated carbocycles. The van der Waals surface area contributed by atoms with Gasteiger partial charge in [0.25, 0.3) is 0 Å². The van der Waals surface area contributed by atoms with E-state index in [1.807, 2.05) is 30.3 Å². The van der Waals surface area contributed by atoms with Crippen LogP contribution in [0.5, 0.6) is 0 Å². The summed E-state index contributed by atoms with van der Waals surface area (Å²) < 4.78 is 25.4. The van der Waals surface area contributed by atoms with Gasteiger partial charge in [0.15, 0.2) is 9.84 Å². The molecule has 2 aromatic carbocycles. The first-order valence-electron chi connectivity index (χ1n) is 10.8. The van der Waals surface area contributed by atoms with Crippen molar-refractivity contribution >= 4 is 54.6 Å². The molecule has 1 saturated heterocycles. The number of nitrogens with one attached hydrogen (secondary N) is 2. The summed E-state index contributed by atoms with van der Waals surface area (Å²) in [7, 11) is -1.33. The van der Waals surface area contributed by atoms with Crippen LogP contribution in [0, 0.1) is 0 Å². The van der Waals surface area contributed by atoms with E-state index in [9.17, 15) is 13.5 Å². The van der Waals surface area contributed by atoms with E-state index in [0.29, 0.717) is 21.9 Å². The van der Waals surface area contributed by atoms with Crippen LogP contribution in [0.3, 0.4) is 0 Å². The Labute approximate surface area is 207 Å². The molecule has 0 bridgehead atoms. The Bertz CT molecular complexity index is 1280. The van der Waals surface area contributed by atoms with Crippen molar-refractivity contribution in [3.63, 3.8) is 0 Å². The number of hydrogen-bond acceptors (Lipinski definition) is 9. The number of nitrogens with zero attached hydrogens (tertiary/aromatic N) is 4. The Morgan fingerprint density at radius 1 is 1.06 bits per heavy atom. The minimum absolute atomic E-state index is 0.0560. The Hall–Kier alpha value is -2.73. The third-order valence-corrected chi connectivity index (χ3v) is 7.23. The van der Waals surface area contributed by atoms with Crippen LogP contribution in [0.4, 0.5) is 28.8 Å². The van der Waals surface area contributed by atoms with Crippen LogP contribution in [-0.4, -0.2) is 67.9 Å². The van der Waals surface area contributed by atoms with E-state index in [2.05, 4.69) is 53.4 Å². The van der Waals surface area contributed by atoms with E-state index in [0.717, 1.165) is 43.1 Å². The van der Waals surface area contributed by atoms with Gasteiger partial charge in [-0.2, -0.15) is 4.98 Å². The lowest BCUT2D eigenvalue weighted by atomic mass is 10.2. The minimum Gasteiger partial charge on any atom is -0.392 e. The average molecular weight is 547 g/mol. The van der Waals surface area contributed by atoms with Crippen LogP contribution in [-0.2, 0) is 16.4 Å². The lowest BCUT2D eigenvalue weighted by Crippen LogP contribution is -2.44. The lowest BCUT2D eigenvalue weighted by molar-refractivity contribution is 0.282. The molecular formula is C23H27BrN6O3S. The Morgan fingerprint density at radius 3 is 2.53 bits per heavy atom. The fraction of sp³-hybridized carbons (Fsp3) is 0.304. The maximum absolute atomic E-state index is 12.4. The van der Waals surface area contributed by atoms with E-state index in [1.165, 1.54) is 6.26 Å². The highest BCUT2D eigenvalue weighted by molar-refractivity contribution is 9.10. The average Bonchev–Trinajstić information content (AvgIpc) is 2.81. The molecule has 0 atom stereocenters. The van der Waals surface area contributed by atoms with Crippen LogP contribution in [0.15, 0.2) is 58.0 Å². The van der Waals surface area contributed by atoms with Gasteiger partial charge in [0.05, 0.1) is 16.0 Å². The number of aliphatic hydroxyl groups is 1. The van der Waals surface area contributed by atoms with Crippen molar-refractivity contribution in [2.45, 2.75) is 11.5 Å². The van der Waals surface area contributed by atoms with E-state index < -0.39 is 9.84 Å². The van der Waals surface area contributed by atoms with Gasteiger partial charge in [-0.1, -0.05) is 12.1 Å². The first-order chi connectivity index (χ1) is 16.2. The number of rotatable bonds is 7. The van der Waals surface area contributed by atoms with Crippen molar-refractivity contribution < 1.29 is 13.5 Å². The number of aliphatic hydroxyl groups excluding tert-OH is 1. The molecular weight excluding hydrogens is 520 g/mol. The quantitative estimate of drug-likeness (QED) is 0.410. The summed E-state index contributed by atoms with van der Waals surface area (Å²) in [6.07, 6.45) is 2.83. The van der Waals surface area contributed by atoms with Crippen molar-refractivity contribution in [2.24, 2.45) is 0 Å². The molecule has 0 unspecified atom stereocenters. The van der Waals surface area contributed by atoms with Crippen LogP contribution in [0.2, 0.25) is 0 Å². The molecule has 1 fully saturated rings. The first kappa shape index (κ1) is 24.4. The number of benzene rings is 2. The highest BCUT2D eigenvalue weighted by Gasteiger charge is 2.18. The zero-order valence-electron chi connectivity index (χ0n) is 19.0. The maximum atomic E-state index is 12.4. The van der Waals surface area contributed by atoms with Crippen molar-refractivity contribution in [1.82, 2.24) is 14.9 Å². The fourth-order valence-corrected chi connectivity index (χ4v) is 4.61. The van der Waals surface area contributed by atoms with Gasteiger partial charge >= 0.3 is 0 Å². The Kier molecular flexibility index (Phi) is 7.36. The second-order valence-corrected chi connectivity index (χ2v) is 11.1. The molecule has 0 aliphatic carbocycles. The molecule has 2 heterocycles. The minimum atomic E-state index is -3.41. The largest absolute Gasteiger partial charge is 0.392 e. The van der Waals surface area contributed by atoms with Crippen molar-refractivity contribution in [2.75, 3.05) is 55.0 Å². The Balaban J connectivity index is 1.62. The van der Waals surface area contributed by atoms with Crippen LogP contribution >= 0.6 is 15.9 Å². The summed E-state index contributed by atoms with van der Waals surface area (Å²) in [6, 6.07) is 12.6. The fourth-order valence-electron chi connectivity index (χ4n) is 3.65. The maximum Gasteiger partial charge on any atom is 0.229 e. The number of aromatic nitrogens is 2. The van der Waals surface area contributed by atoms with E-state index in [4.69, 9.17) is 0 Å². The number of anilines is 5. The molecule has 3 N–H and O–H groups in total. The molecule has 34 heavy (non-hydrogen) atoms. The van der Waals surface area contributed by atoms with Gasteiger partial charge in [-0.3, -0.25) is 0 Å². The van der Waals surface area contributed by atoms with E-state index in [-0.39, 0.29) is 11.5 Å². The summed E-state index contributed by atoms with van der Waals surface area (Å²) in [5.74, 6) is 0.852. The van der Waals surface area contributed by atoms with Crippen LogP contribution in [0.1, 0.15) is 5.56 Å². The number of halogens is 1. The number of sulfone groups is 1. The standard InChI is InChI=1S/C23H27BrN6O3S/c1-29-6-8-30(9-7-29)19-11-18(12-20(13-19)34(2,32)33)27-23-25-14-21(24)22(28-23)26-17-5-3-4-16(10-17)15-31/h3-5,10-14,31H,6-9,15H2,1-2H3,(H2,25,26,27,28). The van der Waals surface area contributed by atoms with E-state index in [1.54, 1.807) is 18.3 Å². The molecule has 3 aromatic rings. The predicted molar refractivity (Wildman–Crippen MR) is 138 cm³/mol. The van der Waals surface area contributed by atoms with Gasteiger partial charge in [-0.05, 0) is 58.9 Å². The van der Waals surface area contributed by atoms with Gasteiger partial charge in [-0.15, -0.1) is 0 Å². The molecule has 1 aliphatic heterocycles. The number of piperazine rings is 1. The molecule has 9 nitrogen and oxygen atoms in total. The van der Waals surface area contributed by atoms with Crippen molar-refractivity contribution in [1.29, 1.82) is 0 Å². The molecule has 0 radical (unpaired) electrons. The first-order valence-corrected chi connectivity index (χ1v) is 13.4. The second-order valence-electron chi connectivity index (χ2n) is 8.28. The number of hydrogen-bond donors (Lipinski definition) is 3. The van der Waals surface area contributed by atoms with Gasteiger partial charge in [-0.25, -0.2) is 13.4 Å². The summed E-state index contributed by atoms with van der Waals surface area (Å²) in [4.78, 5) is 13.6. The van der Waals surface area contributed by atoms with Crippen LogP contribution < -0.4 is 15.5 Å². The second kappa shape index (κ2) is 10.3. The number of likely N-dealkylation sites (N-methyl/N-ethyl adjacent to an activating group) is 1. The molecule has 4 rings (SSSR count). The third-order valence-electron chi connectivity index (χ3n) is 5.56. The highest BCUT2D eigenvalue weighted by Crippen LogP contribution is 2.29. The van der Waals surface area contributed by atoms with E-state index >= 15 is 0 Å². The van der Waals surface area contributed by atoms with Gasteiger partial charge in [0.1, 0.15) is 5.82 Å². The zero-order valence-corrected chi connectivity index (χ0v) is 21.4. The molecule has 1 aromatic heterocycles. The van der Waals surface area contributed by atoms with Crippen molar-refractivity contribution in [3.8, 4) is 0 Å². The smallest absolute Gasteiger partial charge is 0.229 e. The van der Waals surface area contributed by atoms with Crippen LogP contribution in [0.25, 0.3) is 0 Å². The molecule has 11 heteroatoms. The lowest BCUT2D eigenvalue weighted by Gasteiger charge is -2.34. The SMILES string of the molecule is CN1CCN(c2cc(Nc3ncc(Br)c(Nc4cccc(CO)c4)n3)cc(S(C)(=O)=O)c2)CC1. The summed E-state index contributed by atoms with van der Waals surface area (Å²) >= 11 is 3.46. The predicted octanol–water partition coefficient (Wildman–Crippen LogP) is 3.37. The normalized spacial score (nSPS) is 14.8. The molecule has 1 aliphatic rings. The Morgan fingerprint density at radius 2 is 1.82 bits per heavy atom. The molecule has 180 valence electrons. The topological polar surface area (TPSA) is 111 Å². The van der Waals surface area contributed by atoms with Gasteiger partial charge in [0, 0.05) is 55.7 Å². The summed E-state index contributed by atoms with van der Waals surface area (Å²) in [5, 5.41) is 15.8. The molecule has 0 amide bonds. The monoisotopic (exact) mass is 546 g/mol. The van der Waals surface area contributed by atoms with Gasteiger partial charge < -0.3 is 25.5 Å². The summed E-state index contributed by atoms with van der Waals surface area (Å²) in [6.45, 7) is 3.40. The third kappa shape index (κ3) is 6.03. The highest BCUT2D eigenvalue weighted by atomic mass is 79.9. The summed E-state index contributed by atoms with van der Waals surface area (Å²) in [5.41, 5.74) is 2.98. The zero-order chi connectivity index (χ0) is 24.3. The van der Waals surface area contributed by atoms with Crippen molar-refractivity contribution in [3.05, 3.63) is 58.7 Å². The van der Waals surface area contributed by atoms with Gasteiger partial charge in [0.2, 0.25) is 5.95 Å².